The number of alkyl halides is 1. The highest BCUT2D eigenvalue weighted by molar-refractivity contribution is 9.09. The van der Waals surface area contributed by atoms with Gasteiger partial charge in [-0.25, -0.2) is 0 Å². The number of carbonyl (C=O) groups excluding carboxylic acids is 1. The number of Topliss-reactive ketones (excluding diaryl/α,β-unsaturated/α-hetero) is 1. The molecular weight excluding hydrogens is 180 g/mol. The molecule has 3 atom stereocenters. The fourth-order valence-corrected chi connectivity index (χ4v) is 3.01. The van der Waals surface area contributed by atoms with Crippen molar-refractivity contribution in [1.29, 1.82) is 0 Å². The lowest BCUT2D eigenvalue weighted by Crippen LogP contribution is -2.10. The van der Waals surface area contributed by atoms with Gasteiger partial charge in [-0.15, -0.1) is 0 Å². The lowest BCUT2D eigenvalue weighted by Gasteiger charge is -2.04. The molecule has 0 aromatic carbocycles. The van der Waals surface area contributed by atoms with Gasteiger partial charge in [0.05, 0.1) is 0 Å². The van der Waals surface area contributed by atoms with E-state index >= 15 is 0 Å². The molecule has 2 aliphatic rings. The molecule has 0 spiro atoms. The summed E-state index contributed by atoms with van der Waals surface area (Å²) in [5.41, 5.74) is 0. The van der Waals surface area contributed by atoms with Gasteiger partial charge in [-0.05, 0) is 18.8 Å². The Morgan fingerprint density at radius 3 is 2.44 bits per heavy atom. The Hall–Kier alpha value is 0.150. The van der Waals surface area contributed by atoms with E-state index in [9.17, 15) is 4.79 Å². The summed E-state index contributed by atoms with van der Waals surface area (Å²) < 4.78 is 0. The summed E-state index contributed by atoms with van der Waals surface area (Å²) in [6.07, 6.45) is 3.26. The number of halogens is 1. The average molecular weight is 189 g/mol. The van der Waals surface area contributed by atoms with Gasteiger partial charge in [0.15, 0.2) is 0 Å². The maximum absolute atomic E-state index is 11.0. The molecule has 9 heavy (non-hydrogen) atoms. The second-order valence-electron chi connectivity index (χ2n) is 3.06. The van der Waals surface area contributed by atoms with Gasteiger partial charge in [0.2, 0.25) is 0 Å². The highest BCUT2D eigenvalue weighted by Gasteiger charge is 2.45. The van der Waals surface area contributed by atoms with E-state index in [4.69, 9.17) is 0 Å². The fraction of sp³-hybridized carbons (Fsp3) is 0.857. The Morgan fingerprint density at radius 2 is 2.22 bits per heavy atom. The minimum Gasteiger partial charge on any atom is -0.299 e. The van der Waals surface area contributed by atoms with Crippen molar-refractivity contribution in [3.63, 3.8) is 0 Å². The maximum Gasteiger partial charge on any atom is 0.137 e. The zero-order valence-electron chi connectivity index (χ0n) is 5.14. The van der Waals surface area contributed by atoms with Crippen LogP contribution in [0.5, 0.6) is 0 Å². The second-order valence-corrected chi connectivity index (χ2v) is 4.12. The third kappa shape index (κ3) is 0.689. The molecule has 0 amide bonds. The Labute approximate surface area is 62.9 Å². The summed E-state index contributed by atoms with van der Waals surface area (Å²) >= 11 is 3.55. The van der Waals surface area contributed by atoms with Crippen molar-refractivity contribution in [2.45, 2.75) is 24.1 Å². The topological polar surface area (TPSA) is 17.1 Å². The number of fused-ring (bicyclic) bond motifs is 2. The zero-order chi connectivity index (χ0) is 6.43. The molecule has 1 nitrogen and oxygen atoms in total. The first-order valence-electron chi connectivity index (χ1n) is 3.46. The molecule has 2 saturated carbocycles. The average Bonchev–Trinajstić information content (AvgIpc) is 2.25. The largest absolute Gasteiger partial charge is 0.299 e. The van der Waals surface area contributed by atoms with Crippen LogP contribution in [0.25, 0.3) is 0 Å². The van der Waals surface area contributed by atoms with Crippen molar-refractivity contribution in [2.24, 2.45) is 11.8 Å². The van der Waals surface area contributed by atoms with Crippen LogP contribution in [0.1, 0.15) is 19.3 Å². The number of ketones is 1. The van der Waals surface area contributed by atoms with E-state index in [0.29, 0.717) is 22.4 Å². The molecule has 0 heterocycles. The van der Waals surface area contributed by atoms with E-state index in [0.717, 1.165) is 12.8 Å². The molecule has 2 aliphatic carbocycles. The predicted octanol–water partition coefficient (Wildman–Crippen LogP) is 1.75. The summed E-state index contributed by atoms with van der Waals surface area (Å²) in [7, 11) is 0. The van der Waals surface area contributed by atoms with Crippen LogP contribution < -0.4 is 0 Å². The minimum absolute atomic E-state index is 0.384. The van der Waals surface area contributed by atoms with Crippen LogP contribution in [0.3, 0.4) is 0 Å². The zero-order valence-corrected chi connectivity index (χ0v) is 6.73. The standard InChI is InChI=1S/C7H9BrO/c8-7-4-1-2-5(7)6(9)3-4/h4-5,7H,1-3H2/t4-,5+,7?/m0/s1. The van der Waals surface area contributed by atoms with E-state index in [2.05, 4.69) is 15.9 Å². The van der Waals surface area contributed by atoms with Crippen LogP contribution in [0.15, 0.2) is 0 Å². The van der Waals surface area contributed by atoms with Gasteiger partial charge in [0, 0.05) is 17.2 Å². The minimum atomic E-state index is 0.384. The Kier molecular flexibility index (Phi) is 1.19. The molecule has 2 rings (SSSR count). The lowest BCUT2D eigenvalue weighted by molar-refractivity contribution is -0.121. The molecule has 0 N–H and O–H groups in total. The summed E-state index contributed by atoms with van der Waals surface area (Å²) in [6.45, 7) is 0. The van der Waals surface area contributed by atoms with Crippen molar-refractivity contribution in [1.82, 2.24) is 0 Å². The van der Waals surface area contributed by atoms with E-state index < -0.39 is 0 Å². The van der Waals surface area contributed by atoms with Crippen molar-refractivity contribution in [3.05, 3.63) is 0 Å². The molecule has 2 fully saturated rings. The summed E-state index contributed by atoms with van der Waals surface area (Å²) in [5.74, 6) is 1.56. The van der Waals surface area contributed by atoms with E-state index in [-0.39, 0.29) is 0 Å². The van der Waals surface area contributed by atoms with Crippen LogP contribution in [-0.2, 0) is 4.79 Å². The number of hydrogen-bond acceptors (Lipinski definition) is 1. The van der Waals surface area contributed by atoms with Crippen molar-refractivity contribution >= 4 is 21.7 Å². The molecule has 2 bridgehead atoms. The number of rotatable bonds is 0. The van der Waals surface area contributed by atoms with Crippen LogP contribution in [0, 0.1) is 11.8 Å². The molecular formula is C7H9BrO. The predicted molar refractivity (Wildman–Crippen MR) is 38.6 cm³/mol. The number of carbonyl (C=O) groups is 1. The third-order valence-corrected chi connectivity index (χ3v) is 3.95. The first-order chi connectivity index (χ1) is 4.29. The van der Waals surface area contributed by atoms with Crippen molar-refractivity contribution in [3.8, 4) is 0 Å². The maximum atomic E-state index is 11.0. The van der Waals surface area contributed by atoms with Crippen molar-refractivity contribution in [2.75, 3.05) is 0 Å². The van der Waals surface area contributed by atoms with E-state index in [1.807, 2.05) is 0 Å². The fourth-order valence-electron chi connectivity index (χ4n) is 2.00. The van der Waals surface area contributed by atoms with Gasteiger partial charge in [-0.2, -0.15) is 0 Å². The van der Waals surface area contributed by atoms with E-state index in [1.165, 1.54) is 6.42 Å². The van der Waals surface area contributed by atoms with Crippen LogP contribution in [-0.4, -0.2) is 10.6 Å². The quantitative estimate of drug-likeness (QED) is 0.530. The monoisotopic (exact) mass is 188 g/mol. The van der Waals surface area contributed by atoms with Crippen LogP contribution >= 0.6 is 15.9 Å². The molecule has 0 aromatic rings. The third-order valence-electron chi connectivity index (χ3n) is 2.56. The Morgan fingerprint density at radius 1 is 1.44 bits per heavy atom. The molecule has 0 saturated heterocycles. The SMILES string of the molecule is O=C1C[C@@H]2CC[C@H]1C2Br. The molecule has 1 unspecified atom stereocenters. The smallest absolute Gasteiger partial charge is 0.137 e. The van der Waals surface area contributed by atoms with Crippen molar-refractivity contribution < 1.29 is 4.79 Å². The van der Waals surface area contributed by atoms with Crippen LogP contribution in [0.2, 0.25) is 0 Å². The van der Waals surface area contributed by atoms with Gasteiger partial charge < -0.3 is 0 Å². The molecule has 50 valence electrons. The number of hydrogen-bond donors (Lipinski definition) is 0. The summed E-state index contributed by atoms with van der Waals surface area (Å²) in [4.78, 5) is 11.5. The Balaban J connectivity index is 2.26. The summed E-state index contributed by atoms with van der Waals surface area (Å²) in [6, 6.07) is 0. The molecule has 0 radical (unpaired) electrons. The first-order valence-corrected chi connectivity index (χ1v) is 4.37. The van der Waals surface area contributed by atoms with Gasteiger partial charge in [-0.1, -0.05) is 15.9 Å². The highest BCUT2D eigenvalue weighted by atomic mass is 79.9. The van der Waals surface area contributed by atoms with Gasteiger partial charge in [0.25, 0.3) is 0 Å². The summed E-state index contributed by atoms with van der Waals surface area (Å²) in [5, 5.41) is 0. The normalized spacial score (nSPS) is 48.6. The van der Waals surface area contributed by atoms with E-state index in [1.54, 1.807) is 0 Å². The first kappa shape index (κ1) is 5.90. The lowest BCUT2D eigenvalue weighted by atomic mass is 10.00. The van der Waals surface area contributed by atoms with Gasteiger partial charge >= 0.3 is 0 Å². The molecule has 0 aliphatic heterocycles. The molecule has 0 aromatic heterocycles. The van der Waals surface area contributed by atoms with Gasteiger partial charge in [0.1, 0.15) is 5.78 Å². The Bertz CT molecular complexity index is 155. The van der Waals surface area contributed by atoms with Gasteiger partial charge in [-0.3, -0.25) is 4.79 Å². The molecule has 2 heteroatoms. The second kappa shape index (κ2) is 1.82. The van der Waals surface area contributed by atoms with Crippen LogP contribution in [0.4, 0.5) is 0 Å². The highest BCUT2D eigenvalue weighted by Crippen LogP contribution is 2.46.